The van der Waals surface area contributed by atoms with E-state index in [9.17, 15) is 8.42 Å². The second-order valence-electron chi connectivity index (χ2n) is 6.82. The van der Waals surface area contributed by atoms with Gasteiger partial charge in [-0.1, -0.05) is 35.3 Å². The number of rotatable bonds is 8. The fourth-order valence-electron chi connectivity index (χ4n) is 2.84. The van der Waals surface area contributed by atoms with E-state index in [1.807, 2.05) is 29.6 Å². The highest BCUT2D eigenvalue weighted by molar-refractivity contribution is 7.87. The molecule has 1 heterocycles. The fraction of sp³-hybridized carbons (Fsp3) is 0.0435. The second kappa shape index (κ2) is 10.4. The Balaban J connectivity index is 1.44. The molecule has 0 aliphatic heterocycles. The summed E-state index contributed by atoms with van der Waals surface area (Å²) in [6, 6.07) is 17.9. The first-order valence-electron chi connectivity index (χ1n) is 9.73. The molecule has 7 nitrogen and oxygen atoms in total. The standard InChI is InChI=1S/C23H17Cl2N3O4S2/c1-31-22-12-15(2-11-21(22)32-34(29,30)19-9-7-18(25)8-10-19)13-26-28-23-27-20(14-33-23)16-3-5-17(24)6-4-16/h2-14H,1H3,(H,27,28)/b26-13-. The van der Waals surface area contributed by atoms with Gasteiger partial charge in [-0.05, 0) is 60.2 Å². The Morgan fingerprint density at radius 2 is 1.65 bits per heavy atom. The van der Waals surface area contributed by atoms with Gasteiger partial charge in [-0.2, -0.15) is 13.5 Å². The Morgan fingerprint density at radius 3 is 2.32 bits per heavy atom. The Kier molecular flexibility index (Phi) is 7.38. The minimum absolute atomic E-state index is 0.0183. The number of thiazole rings is 1. The van der Waals surface area contributed by atoms with Gasteiger partial charge in [-0.15, -0.1) is 11.3 Å². The van der Waals surface area contributed by atoms with Crippen LogP contribution < -0.4 is 14.3 Å². The van der Waals surface area contributed by atoms with Crippen molar-refractivity contribution in [2.75, 3.05) is 12.5 Å². The molecule has 0 unspecified atom stereocenters. The normalized spacial score (nSPS) is 11.5. The summed E-state index contributed by atoms with van der Waals surface area (Å²) in [5.74, 6) is 0.288. The van der Waals surface area contributed by atoms with Gasteiger partial charge in [0.25, 0.3) is 0 Å². The van der Waals surface area contributed by atoms with E-state index in [2.05, 4.69) is 15.5 Å². The van der Waals surface area contributed by atoms with Crippen LogP contribution in [0.25, 0.3) is 11.3 Å². The first kappa shape index (κ1) is 24.0. The number of nitrogens with one attached hydrogen (secondary N) is 1. The lowest BCUT2D eigenvalue weighted by Crippen LogP contribution is -2.10. The smallest absolute Gasteiger partial charge is 0.339 e. The van der Waals surface area contributed by atoms with Gasteiger partial charge in [0.1, 0.15) is 4.90 Å². The van der Waals surface area contributed by atoms with E-state index in [-0.39, 0.29) is 16.4 Å². The molecule has 4 aromatic rings. The van der Waals surface area contributed by atoms with Crippen molar-refractivity contribution >= 4 is 56.0 Å². The predicted molar refractivity (Wildman–Crippen MR) is 136 cm³/mol. The van der Waals surface area contributed by atoms with Crippen LogP contribution in [0.2, 0.25) is 10.0 Å². The van der Waals surface area contributed by atoms with E-state index in [1.165, 1.54) is 48.8 Å². The molecule has 174 valence electrons. The maximum absolute atomic E-state index is 12.5. The molecule has 0 aliphatic rings. The van der Waals surface area contributed by atoms with Crippen LogP contribution in [0.1, 0.15) is 5.56 Å². The summed E-state index contributed by atoms with van der Waals surface area (Å²) in [6.07, 6.45) is 1.56. The number of anilines is 1. The highest BCUT2D eigenvalue weighted by atomic mass is 35.5. The van der Waals surface area contributed by atoms with Crippen LogP contribution in [0.5, 0.6) is 11.5 Å². The minimum Gasteiger partial charge on any atom is -0.493 e. The zero-order valence-electron chi connectivity index (χ0n) is 17.6. The van der Waals surface area contributed by atoms with Gasteiger partial charge < -0.3 is 8.92 Å². The van der Waals surface area contributed by atoms with Crippen molar-refractivity contribution in [3.63, 3.8) is 0 Å². The van der Waals surface area contributed by atoms with Gasteiger partial charge in [0.15, 0.2) is 11.5 Å². The summed E-state index contributed by atoms with van der Waals surface area (Å²) in [5.41, 5.74) is 5.31. The lowest BCUT2D eigenvalue weighted by atomic mass is 10.2. The number of methoxy groups -OCH3 is 1. The Labute approximate surface area is 210 Å². The zero-order chi connectivity index (χ0) is 24.1. The summed E-state index contributed by atoms with van der Waals surface area (Å²) in [4.78, 5) is 4.48. The van der Waals surface area contributed by atoms with Crippen molar-refractivity contribution in [3.8, 4) is 22.8 Å². The maximum atomic E-state index is 12.5. The largest absolute Gasteiger partial charge is 0.493 e. The van der Waals surface area contributed by atoms with Gasteiger partial charge in [0.05, 0.1) is 19.0 Å². The molecule has 34 heavy (non-hydrogen) atoms. The molecule has 0 radical (unpaired) electrons. The third kappa shape index (κ3) is 5.87. The molecule has 0 spiro atoms. The lowest BCUT2D eigenvalue weighted by Gasteiger charge is -2.11. The molecule has 0 amide bonds. The summed E-state index contributed by atoms with van der Waals surface area (Å²) < 4.78 is 35.7. The van der Waals surface area contributed by atoms with Crippen LogP contribution >= 0.6 is 34.5 Å². The van der Waals surface area contributed by atoms with E-state index in [1.54, 1.807) is 18.3 Å². The van der Waals surface area contributed by atoms with E-state index < -0.39 is 10.1 Å². The first-order valence-corrected chi connectivity index (χ1v) is 12.8. The van der Waals surface area contributed by atoms with E-state index >= 15 is 0 Å². The molecule has 11 heteroatoms. The number of hydrogen-bond donors (Lipinski definition) is 1. The van der Waals surface area contributed by atoms with Gasteiger partial charge >= 0.3 is 10.1 Å². The molecule has 0 atom stereocenters. The molecular weight excluding hydrogens is 517 g/mol. The summed E-state index contributed by atoms with van der Waals surface area (Å²) in [6.45, 7) is 0. The molecule has 0 fully saturated rings. The highest BCUT2D eigenvalue weighted by Crippen LogP contribution is 2.31. The van der Waals surface area contributed by atoms with Crippen molar-refractivity contribution in [2.24, 2.45) is 5.10 Å². The molecule has 3 aromatic carbocycles. The third-order valence-corrected chi connectivity index (χ3v) is 7.01. The van der Waals surface area contributed by atoms with Crippen LogP contribution in [0.15, 0.2) is 82.1 Å². The summed E-state index contributed by atoms with van der Waals surface area (Å²) >= 11 is 13.2. The number of hydrazone groups is 1. The van der Waals surface area contributed by atoms with Gasteiger partial charge in [0.2, 0.25) is 5.13 Å². The van der Waals surface area contributed by atoms with Crippen LogP contribution in [-0.2, 0) is 10.1 Å². The number of hydrogen-bond acceptors (Lipinski definition) is 8. The molecule has 1 aromatic heterocycles. The molecule has 0 bridgehead atoms. The molecule has 0 saturated carbocycles. The van der Waals surface area contributed by atoms with E-state index in [4.69, 9.17) is 32.1 Å². The maximum Gasteiger partial charge on any atom is 0.339 e. The van der Waals surface area contributed by atoms with Gasteiger partial charge in [-0.3, -0.25) is 5.43 Å². The van der Waals surface area contributed by atoms with Gasteiger partial charge in [0, 0.05) is 21.0 Å². The number of ether oxygens (including phenoxy) is 1. The number of halogens is 2. The Hall–Kier alpha value is -3.11. The van der Waals surface area contributed by atoms with Crippen molar-refractivity contribution in [1.82, 2.24) is 4.98 Å². The highest BCUT2D eigenvalue weighted by Gasteiger charge is 2.19. The van der Waals surface area contributed by atoms with E-state index in [0.29, 0.717) is 20.7 Å². The zero-order valence-corrected chi connectivity index (χ0v) is 20.8. The predicted octanol–water partition coefficient (Wildman–Crippen LogP) is 6.34. The molecule has 1 N–H and O–H groups in total. The average molecular weight is 534 g/mol. The number of benzene rings is 3. The Bertz CT molecular complexity index is 1420. The molecular formula is C23H17Cl2N3O4S2. The summed E-state index contributed by atoms with van der Waals surface area (Å²) in [7, 11) is -2.63. The van der Waals surface area contributed by atoms with Crippen molar-refractivity contribution in [2.45, 2.75) is 4.90 Å². The second-order valence-corrected chi connectivity index (χ2v) is 10.1. The lowest BCUT2D eigenvalue weighted by molar-refractivity contribution is 0.390. The fourth-order valence-corrected chi connectivity index (χ4v) is 4.70. The quantitative estimate of drug-likeness (QED) is 0.161. The van der Waals surface area contributed by atoms with Crippen LogP contribution in [0.3, 0.4) is 0 Å². The monoisotopic (exact) mass is 533 g/mol. The third-order valence-electron chi connectivity index (χ3n) is 4.51. The molecule has 0 aliphatic carbocycles. The minimum atomic E-state index is -4.05. The van der Waals surface area contributed by atoms with Crippen LogP contribution in [-0.4, -0.2) is 26.7 Å². The number of aromatic nitrogens is 1. The SMILES string of the molecule is COc1cc(/C=N\Nc2nc(-c3ccc(Cl)cc3)cs2)ccc1OS(=O)(=O)c1ccc(Cl)cc1. The van der Waals surface area contributed by atoms with E-state index in [0.717, 1.165) is 11.3 Å². The van der Waals surface area contributed by atoms with Crippen molar-refractivity contribution in [1.29, 1.82) is 0 Å². The molecule has 4 rings (SSSR count). The number of nitrogens with zero attached hydrogens (tertiary/aromatic N) is 2. The summed E-state index contributed by atoms with van der Waals surface area (Å²) in [5, 5.41) is 7.81. The van der Waals surface area contributed by atoms with Crippen LogP contribution in [0.4, 0.5) is 5.13 Å². The van der Waals surface area contributed by atoms with Crippen molar-refractivity contribution in [3.05, 3.63) is 87.7 Å². The van der Waals surface area contributed by atoms with Gasteiger partial charge in [-0.25, -0.2) is 4.98 Å². The average Bonchev–Trinajstić information content (AvgIpc) is 3.29. The Morgan fingerprint density at radius 1 is 0.971 bits per heavy atom. The van der Waals surface area contributed by atoms with Crippen LogP contribution in [0, 0.1) is 0 Å². The first-order chi connectivity index (χ1) is 16.3. The molecule has 0 saturated heterocycles. The topological polar surface area (TPSA) is 89.9 Å². The van der Waals surface area contributed by atoms with Crippen molar-refractivity contribution < 1.29 is 17.3 Å².